The average Bonchev–Trinajstić information content (AvgIpc) is 1.81. The van der Waals surface area contributed by atoms with E-state index in [4.69, 9.17) is 0 Å². The molecule has 0 atom stereocenters. The van der Waals surface area contributed by atoms with Crippen LogP contribution in [0.15, 0.2) is 12.7 Å². The Bertz CT molecular complexity index is 179. The summed E-state index contributed by atoms with van der Waals surface area (Å²) in [6.07, 6.45) is 1.05. The van der Waals surface area contributed by atoms with Crippen molar-refractivity contribution >= 4 is 13.1 Å². The first-order valence-corrected chi connectivity index (χ1v) is 5.57. The van der Waals surface area contributed by atoms with Crippen molar-refractivity contribution in [3.05, 3.63) is 12.7 Å². The van der Waals surface area contributed by atoms with E-state index < -0.39 is 13.1 Å². The van der Waals surface area contributed by atoms with Crippen molar-refractivity contribution in [2.45, 2.75) is 0 Å². The lowest BCUT2D eigenvalue weighted by molar-refractivity contribution is -0.135. The summed E-state index contributed by atoms with van der Waals surface area (Å²) in [5.74, 6) is -0.524. The first-order chi connectivity index (χ1) is 4.45. The maximum absolute atomic E-state index is 10.9. The van der Waals surface area contributed by atoms with Crippen molar-refractivity contribution in [3.8, 4) is 0 Å². The number of hydrogen-bond acceptors (Lipinski definition) is 3. The molecule has 0 unspecified atom stereocenters. The predicted molar refractivity (Wildman–Crippen MR) is 40.6 cm³/mol. The molecule has 0 amide bonds. The largest absolute Gasteiger partial charge is 0.455 e. The van der Waals surface area contributed by atoms with Gasteiger partial charge in [0.25, 0.3) is 0 Å². The van der Waals surface area contributed by atoms with Crippen LogP contribution < -0.4 is 0 Å². The third kappa shape index (κ3) is 5.57. The van der Waals surface area contributed by atoms with E-state index in [2.05, 4.69) is 11.3 Å². The molecule has 0 aliphatic heterocycles. The van der Waals surface area contributed by atoms with Crippen LogP contribution in [0.5, 0.6) is 0 Å². The summed E-state index contributed by atoms with van der Waals surface area (Å²) < 4.78 is 15.5. The minimum Gasteiger partial charge on any atom is -0.455 e. The topological polar surface area (TPSA) is 43.4 Å². The van der Waals surface area contributed by atoms with Crippen LogP contribution in [0.3, 0.4) is 0 Å². The summed E-state index contributed by atoms with van der Waals surface area (Å²) in [5, 5.41) is 0. The summed E-state index contributed by atoms with van der Waals surface area (Å²) >= 11 is 0. The molecule has 0 rings (SSSR count). The summed E-state index contributed by atoms with van der Waals surface area (Å²) in [7, 11) is -2.22. The van der Waals surface area contributed by atoms with E-state index in [-0.39, 0.29) is 6.35 Å². The van der Waals surface area contributed by atoms with Crippen molar-refractivity contribution in [1.82, 2.24) is 0 Å². The third-order valence-corrected chi connectivity index (χ3v) is 1.44. The van der Waals surface area contributed by atoms with Crippen LogP contribution in [-0.2, 0) is 14.1 Å². The SMILES string of the molecule is C=CC(=O)OCP(C)(C)=O. The van der Waals surface area contributed by atoms with Gasteiger partial charge < -0.3 is 9.30 Å². The van der Waals surface area contributed by atoms with Gasteiger partial charge in [0, 0.05) is 6.08 Å². The van der Waals surface area contributed by atoms with Crippen molar-refractivity contribution < 1.29 is 14.1 Å². The molecular weight excluding hydrogens is 151 g/mol. The molecule has 0 aromatic carbocycles. The normalized spacial score (nSPS) is 10.6. The van der Waals surface area contributed by atoms with E-state index in [0.29, 0.717) is 0 Å². The van der Waals surface area contributed by atoms with Crippen molar-refractivity contribution in [2.75, 3.05) is 19.7 Å². The maximum Gasteiger partial charge on any atom is 0.330 e. The quantitative estimate of drug-likeness (QED) is 0.357. The summed E-state index contributed by atoms with van der Waals surface area (Å²) in [4.78, 5) is 10.4. The van der Waals surface area contributed by atoms with Gasteiger partial charge in [0.15, 0.2) is 0 Å². The smallest absolute Gasteiger partial charge is 0.330 e. The second kappa shape index (κ2) is 3.57. The van der Waals surface area contributed by atoms with Gasteiger partial charge in [0.2, 0.25) is 0 Å². The summed E-state index contributed by atoms with van der Waals surface area (Å²) in [5.41, 5.74) is 0. The van der Waals surface area contributed by atoms with E-state index in [1.54, 1.807) is 13.3 Å². The van der Waals surface area contributed by atoms with E-state index in [9.17, 15) is 9.36 Å². The van der Waals surface area contributed by atoms with Crippen LogP contribution in [0.1, 0.15) is 0 Å². The standard InChI is InChI=1S/C6H11O3P/c1-4-6(7)9-5-10(2,3)8/h4H,1,5H2,2-3H3. The summed E-state index contributed by atoms with van der Waals surface area (Å²) in [6, 6.07) is 0. The Morgan fingerprint density at radius 3 is 2.50 bits per heavy atom. The van der Waals surface area contributed by atoms with Gasteiger partial charge in [0.05, 0.1) is 0 Å². The molecule has 0 spiro atoms. The molecule has 0 aromatic rings. The van der Waals surface area contributed by atoms with E-state index in [1.165, 1.54) is 0 Å². The predicted octanol–water partition coefficient (Wildman–Crippen LogP) is 1.30. The average molecular weight is 162 g/mol. The Morgan fingerprint density at radius 2 is 2.20 bits per heavy atom. The Kier molecular flexibility index (Phi) is 3.37. The Balaban J connectivity index is 3.66. The van der Waals surface area contributed by atoms with Gasteiger partial charge in [0.1, 0.15) is 13.5 Å². The molecule has 0 radical (unpaired) electrons. The zero-order valence-corrected chi connectivity index (χ0v) is 7.06. The Labute approximate surface area is 60.4 Å². The molecule has 0 N–H and O–H groups in total. The molecule has 4 heteroatoms. The zero-order valence-electron chi connectivity index (χ0n) is 6.16. The number of hydrogen-bond donors (Lipinski definition) is 0. The molecule has 0 aliphatic carbocycles. The van der Waals surface area contributed by atoms with Crippen LogP contribution in [0.25, 0.3) is 0 Å². The first-order valence-electron chi connectivity index (χ1n) is 2.79. The van der Waals surface area contributed by atoms with Crippen molar-refractivity contribution in [1.29, 1.82) is 0 Å². The highest BCUT2D eigenvalue weighted by molar-refractivity contribution is 7.62. The van der Waals surface area contributed by atoms with Crippen molar-refractivity contribution in [2.24, 2.45) is 0 Å². The molecule has 3 nitrogen and oxygen atoms in total. The van der Waals surface area contributed by atoms with Gasteiger partial charge in [-0.05, 0) is 13.3 Å². The van der Waals surface area contributed by atoms with Gasteiger partial charge >= 0.3 is 5.97 Å². The van der Waals surface area contributed by atoms with Gasteiger partial charge in [-0.2, -0.15) is 0 Å². The van der Waals surface area contributed by atoms with Crippen LogP contribution in [-0.4, -0.2) is 25.6 Å². The highest BCUT2D eigenvalue weighted by atomic mass is 31.2. The molecule has 0 aromatic heterocycles. The molecule has 58 valence electrons. The highest BCUT2D eigenvalue weighted by Crippen LogP contribution is 2.35. The molecule has 0 bridgehead atoms. The Morgan fingerprint density at radius 1 is 1.70 bits per heavy atom. The lowest BCUT2D eigenvalue weighted by Crippen LogP contribution is -2.01. The lowest BCUT2D eigenvalue weighted by Gasteiger charge is -2.04. The highest BCUT2D eigenvalue weighted by Gasteiger charge is 2.08. The van der Waals surface area contributed by atoms with Gasteiger partial charge in [-0.15, -0.1) is 0 Å². The minimum atomic E-state index is -2.22. The number of carbonyl (C=O) groups is 1. The van der Waals surface area contributed by atoms with E-state index in [1.807, 2.05) is 0 Å². The molecule has 0 heterocycles. The molecule has 0 aliphatic rings. The number of esters is 1. The fourth-order valence-electron chi connectivity index (χ4n) is 0.278. The van der Waals surface area contributed by atoms with Gasteiger partial charge in [-0.1, -0.05) is 6.58 Å². The molecule has 0 saturated carbocycles. The number of rotatable bonds is 3. The fraction of sp³-hybridized carbons (Fsp3) is 0.500. The Hall–Kier alpha value is -0.560. The molecule has 0 saturated heterocycles. The second-order valence-electron chi connectivity index (χ2n) is 2.37. The molecule has 10 heavy (non-hydrogen) atoms. The minimum absolute atomic E-state index is 0.00213. The lowest BCUT2D eigenvalue weighted by atomic mass is 10.7. The molecular formula is C6H11O3P. The monoisotopic (exact) mass is 162 g/mol. The molecule has 0 fully saturated rings. The number of carbonyl (C=O) groups excluding carboxylic acids is 1. The van der Waals surface area contributed by atoms with Crippen LogP contribution >= 0.6 is 7.14 Å². The van der Waals surface area contributed by atoms with E-state index >= 15 is 0 Å². The summed E-state index contributed by atoms with van der Waals surface area (Å²) in [6.45, 7) is 6.31. The van der Waals surface area contributed by atoms with E-state index in [0.717, 1.165) is 6.08 Å². The fourth-order valence-corrected chi connectivity index (χ4v) is 0.716. The first kappa shape index (κ1) is 9.44. The van der Waals surface area contributed by atoms with Crippen molar-refractivity contribution in [3.63, 3.8) is 0 Å². The van der Waals surface area contributed by atoms with Crippen LogP contribution in [0.4, 0.5) is 0 Å². The van der Waals surface area contributed by atoms with Crippen LogP contribution in [0, 0.1) is 0 Å². The second-order valence-corrected chi connectivity index (χ2v) is 5.78. The van der Waals surface area contributed by atoms with Gasteiger partial charge in [-0.25, -0.2) is 4.79 Å². The zero-order chi connectivity index (χ0) is 8.20. The third-order valence-electron chi connectivity index (χ3n) is 0.684. The van der Waals surface area contributed by atoms with Gasteiger partial charge in [-0.3, -0.25) is 0 Å². The number of ether oxygens (including phenoxy) is 1. The van der Waals surface area contributed by atoms with Crippen LogP contribution in [0.2, 0.25) is 0 Å². The maximum atomic E-state index is 10.9.